The van der Waals surface area contributed by atoms with Crippen molar-refractivity contribution in [2.75, 3.05) is 12.4 Å². The van der Waals surface area contributed by atoms with Crippen LogP contribution in [0.1, 0.15) is 38.6 Å². The Bertz CT molecular complexity index is 940. The molecule has 0 spiro atoms. The van der Waals surface area contributed by atoms with E-state index in [4.69, 9.17) is 9.15 Å². The average molecular weight is 379 g/mol. The van der Waals surface area contributed by atoms with Crippen molar-refractivity contribution in [1.82, 2.24) is 10.2 Å². The van der Waals surface area contributed by atoms with Gasteiger partial charge in [0.05, 0.1) is 7.11 Å². The number of carbonyl (C=O) groups excluding carboxylic acids is 1. The highest BCUT2D eigenvalue weighted by Crippen LogP contribution is 2.29. The van der Waals surface area contributed by atoms with Gasteiger partial charge >= 0.3 is 0 Å². The summed E-state index contributed by atoms with van der Waals surface area (Å²) in [7, 11) is 1.62. The molecule has 3 rings (SSSR count). The maximum atomic E-state index is 12.4. The smallest absolute Gasteiger partial charge is 0.247 e. The first-order valence-corrected chi connectivity index (χ1v) is 9.23. The van der Waals surface area contributed by atoms with Crippen LogP contribution < -0.4 is 10.1 Å². The summed E-state index contributed by atoms with van der Waals surface area (Å²) < 4.78 is 10.8. The number of nitrogens with zero attached hydrogens (tertiary/aromatic N) is 2. The average Bonchev–Trinajstić information content (AvgIpc) is 3.15. The van der Waals surface area contributed by atoms with E-state index in [-0.39, 0.29) is 17.7 Å². The van der Waals surface area contributed by atoms with E-state index in [1.807, 2.05) is 48.5 Å². The number of amides is 1. The van der Waals surface area contributed by atoms with Crippen LogP contribution in [0.2, 0.25) is 0 Å². The lowest BCUT2D eigenvalue weighted by Gasteiger charge is -2.22. The predicted molar refractivity (Wildman–Crippen MR) is 108 cm³/mol. The molecule has 1 heterocycles. The number of rotatable bonds is 6. The van der Waals surface area contributed by atoms with Crippen LogP contribution in [0.4, 0.5) is 5.69 Å². The number of hydrogen-bond donors (Lipinski definition) is 1. The van der Waals surface area contributed by atoms with E-state index >= 15 is 0 Å². The molecular formula is C22H25N3O3. The van der Waals surface area contributed by atoms with Gasteiger partial charge in [0, 0.05) is 24.1 Å². The zero-order valence-electron chi connectivity index (χ0n) is 16.7. The Morgan fingerprint density at radius 3 is 2.46 bits per heavy atom. The SMILES string of the molecule is COc1ccc(-c2nnc(CCC(=O)Nc3ccccc3C(C)(C)C)o2)cc1. The summed E-state index contributed by atoms with van der Waals surface area (Å²) in [6, 6.07) is 15.2. The zero-order chi connectivity index (χ0) is 20.1. The van der Waals surface area contributed by atoms with Crippen LogP contribution in [0.25, 0.3) is 11.5 Å². The van der Waals surface area contributed by atoms with E-state index < -0.39 is 0 Å². The molecule has 1 aromatic heterocycles. The summed E-state index contributed by atoms with van der Waals surface area (Å²) in [6.45, 7) is 6.37. The number of carbonyl (C=O) groups is 1. The molecule has 146 valence electrons. The molecule has 6 nitrogen and oxygen atoms in total. The third-order valence-corrected chi connectivity index (χ3v) is 4.38. The highest BCUT2D eigenvalue weighted by molar-refractivity contribution is 5.91. The van der Waals surface area contributed by atoms with E-state index in [1.165, 1.54) is 0 Å². The Kier molecular flexibility index (Phi) is 5.78. The van der Waals surface area contributed by atoms with Gasteiger partial charge < -0.3 is 14.5 Å². The second-order valence-electron chi connectivity index (χ2n) is 7.57. The summed E-state index contributed by atoms with van der Waals surface area (Å²) in [6.07, 6.45) is 0.648. The van der Waals surface area contributed by atoms with E-state index in [9.17, 15) is 4.79 Å². The van der Waals surface area contributed by atoms with Crippen LogP contribution in [-0.2, 0) is 16.6 Å². The summed E-state index contributed by atoms with van der Waals surface area (Å²) in [5.74, 6) is 1.54. The second-order valence-corrected chi connectivity index (χ2v) is 7.57. The molecule has 0 aliphatic rings. The molecule has 0 saturated heterocycles. The van der Waals surface area contributed by atoms with Gasteiger partial charge in [-0.05, 0) is 41.3 Å². The molecule has 0 bridgehead atoms. The Morgan fingerprint density at radius 2 is 1.79 bits per heavy atom. The van der Waals surface area contributed by atoms with Crippen molar-refractivity contribution in [2.24, 2.45) is 0 Å². The lowest BCUT2D eigenvalue weighted by molar-refractivity contribution is -0.116. The monoisotopic (exact) mass is 379 g/mol. The molecule has 0 radical (unpaired) electrons. The molecular weight excluding hydrogens is 354 g/mol. The van der Waals surface area contributed by atoms with Gasteiger partial charge in [-0.25, -0.2) is 0 Å². The van der Waals surface area contributed by atoms with Crippen LogP contribution in [-0.4, -0.2) is 23.2 Å². The van der Waals surface area contributed by atoms with E-state index in [0.29, 0.717) is 18.2 Å². The fraction of sp³-hybridized carbons (Fsp3) is 0.318. The standard InChI is InChI=1S/C22H25N3O3/c1-22(2,3)17-7-5-6-8-18(17)23-19(26)13-14-20-24-25-21(28-20)15-9-11-16(27-4)12-10-15/h5-12H,13-14H2,1-4H3,(H,23,26). The lowest BCUT2D eigenvalue weighted by Crippen LogP contribution is -2.18. The quantitative estimate of drug-likeness (QED) is 0.676. The predicted octanol–water partition coefficient (Wildman–Crippen LogP) is 4.61. The number of aromatic nitrogens is 2. The third-order valence-electron chi connectivity index (χ3n) is 4.38. The normalized spacial score (nSPS) is 11.3. The fourth-order valence-corrected chi connectivity index (χ4v) is 2.88. The second kappa shape index (κ2) is 8.25. The number of nitrogens with one attached hydrogen (secondary N) is 1. The number of aryl methyl sites for hydroxylation is 1. The minimum Gasteiger partial charge on any atom is -0.497 e. The van der Waals surface area contributed by atoms with Gasteiger partial charge in [-0.15, -0.1) is 10.2 Å². The molecule has 0 aliphatic heterocycles. The molecule has 1 N–H and O–H groups in total. The third kappa shape index (κ3) is 4.76. The van der Waals surface area contributed by atoms with Gasteiger partial charge in [-0.2, -0.15) is 0 Å². The van der Waals surface area contributed by atoms with Gasteiger partial charge in [0.1, 0.15) is 5.75 Å². The molecule has 0 aliphatic carbocycles. The minimum atomic E-state index is -0.0825. The van der Waals surface area contributed by atoms with Crippen molar-refractivity contribution >= 4 is 11.6 Å². The summed E-state index contributed by atoms with van der Waals surface area (Å²) in [5, 5.41) is 11.1. The molecule has 3 aromatic rings. The first-order chi connectivity index (χ1) is 13.4. The van der Waals surface area contributed by atoms with Gasteiger partial charge in [-0.3, -0.25) is 4.79 Å². The Hall–Kier alpha value is -3.15. The zero-order valence-corrected chi connectivity index (χ0v) is 16.7. The van der Waals surface area contributed by atoms with Crippen molar-refractivity contribution in [2.45, 2.75) is 39.0 Å². The summed E-state index contributed by atoms with van der Waals surface area (Å²) in [5.41, 5.74) is 2.69. The molecule has 6 heteroatoms. The van der Waals surface area contributed by atoms with Crippen LogP contribution in [0.5, 0.6) is 5.75 Å². The van der Waals surface area contributed by atoms with Gasteiger partial charge in [-0.1, -0.05) is 39.0 Å². The lowest BCUT2D eigenvalue weighted by atomic mass is 9.86. The topological polar surface area (TPSA) is 77.2 Å². The Labute approximate surface area is 164 Å². The number of methoxy groups -OCH3 is 1. The van der Waals surface area contributed by atoms with Crippen molar-refractivity contribution in [3.8, 4) is 17.2 Å². The number of benzene rings is 2. The van der Waals surface area contributed by atoms with Gasteiger partial charge in [0.15, 0.2) is 0 Å². The summed E-state index contributed by atoms with van der Waals surface area (Å²) in [4.78, 5) is 12.4. The van der Waals surface area contributed by atoms with Crippen LogP contribution in [0, 0.1) is 0 Å². The van der Waals surface area contributed by atoms with E-state index in [0.717, 1.165) is 22.6 Å². The molecule has 0 fully saturated rings. The molecule has 0 saturated carbocycles. The van der Waals surface area contributed by atoms with Crippen molar-refractivity contribution in [3.63, 3.8) is 0 Å². The molecule has 2 aromatic carbocycles. The van der Waals surface area contributed by atoms with Crippen LogP contribution in [0.3, 0.4) is 0 Å². The van der Waals surface area contributed by atoms with Crippen LogP contribution in [0.15, 0.2) is 52.9 Å². The van der Waals surface area contributed by atoms with Crippen molar-refractivity contribution < 1.29 is 13.9 Å². The molecule has 28 heavy (non-hydrogen) atoms. The van der Waals surface area contributed by atoms with Gasteiger partial charge in [0.2, 0.25) is 17.7 Å². The van der Waals surface area contributed by atoms with Crippen molar-refractivity contribution in [3.05, 3.63) is 60.0 Å². The van der Waals surface area contributed by atoms with E-state index in [1.54, 1.807) is 7.11 Å². The summed E-state index contributed by atoms with van der Waals surface area (Å²) >= 11 is 0. The first-order valence-electron chi connectivity index (χ1n) is 9.23. The Balaban J connectivity index is 1.61. The highest BCUT2D eigenvalue weighted by atomic mass is 16.5. The van der Waals surface area contributed by atoms with Gasteiger partial charge in [0.25, 0.3) is 0 Å². The number of anilines is 1. The number of hydrogen-bond acceptors (Lipinski definition) is 5. The molecule has 0 atom stereocenters. The van der Waals surface area contributed by atoms with Crippen molar-refractivity contribution in [1.29, 1.82) is 0 Å². The molecule has 1 amide bonds. The fourth-order valence-electron chi connectivity index (χ4n) is 2.88. The minimum absolute atomic E-state index is 0.0520. The van der Waals surface area contributed by atoms with E-state index in [2.05, 4.69) is 36.3 Å². The number of ether oxygens (including phenoxy) is 1. The maximum Gasteiger partial charge on any atom is 0.247 e. The van der Waals surface area contributed by atoms with Crippen LogP contribution >= 0.6 is 0 Å². The highest BCUT2D eigenvalue weighted by Gasteiger charge is 2.19. The largest absolute Gasteiger partial charge is 0.497 e. The number of para-hydroxylation sites is 1. The maximum absolute atomic E-state index is 12.4. The molecule has 0 unspecified atom stereocenters. The first kappa shape index (κ1) is 19.6. The Morgan fingerprint density at radius 1 is 1.07 bits per heavy atom.